The molecule has 0 aliphatic carbocycles. The standard InChI is InChI=1S/C17H18N4O5S/c1-2-21-16-8-3-12(11-15(16)19-20-21)17(22)26-10-9-25-13-4-6-14(7-5-13)27(18,23)24/h3-8,11H,2,9-10H2,1H3,(H2,18,23,24). The highest BCUT2D eigenvalue weighted by molar-refractivity contribution is 7.89. The molecule has 10 heteroatoms. The van der Waals surface area contributed by atoms with Gasteiger partial charge in [0.05, 0.1) is 16.0 Å². The van der Waals surface area contributed by atoms with E-state index in [-0.39, 0.29) is 18.1 Å². The van der Waals surface area contributed by atoms with Gasteiger partial charge in [0.25, 0.3) is 0 Å². The lowest BCUT2D eigenvalue weighted by molar-refractivity contribution is 0.0450. The van der Waals surface area contributed by atoms with Crippen molar-refractivity contribution < 1.29 is 22.7 Å². The van der Waals surface area contributed by atoms with Gasteiger partial charge >= 0.3 is 5.97 Å². The molecule has 1 aromatic heterocycles. The van der Waals surface area contributed by atoms with Crippen molar-refractivity contribution in [3.8, 4) is 5.75 Å². The van der Waals surface area contributed by atoms with Crippen LogP contribution >= 0.6 is 0 Å². The summed E-state index contributed by atoms with van der Waals surface area (Å²) < 4.78 is 34.7. The molecular weight excluding hydrogens is 372 g/mol. The first kappa shape index (κ1) is 18.8. The van der Waals surface area contributed by atoms with Crippen LogP contribution in [0.15, 0.2) is 47.4 Å². The van der Waals surface area contributed by atoms with E-state index >= 15 is 0 Å². The van der Waals surface area contributed by atoms with Crippen molar-refractivity contribution >= 4 is 27.0 Å². The first-order valence-corrected chi connectivity index (χ1v) is 9.69. The third-order valence-electron chi connectivity index (χ3n) is 3.79. The predicted molar refractivity (Wildman–Crippen MR) is 96.8 cm³/mol. The van der Waals surface area contributed by atoms with E-state index in [2.05, 4.69) is 10.3 Å². The summed E-state index contributed by atoms with van der Waals surface area (Å²) in [6.45, 7) is 2.80. The molecule has 1 heterocycles. The normalized spacial score (nSPS) is 11.5. The highest BCUT2D eigenvalue weighted by Gasteiger charge is 2.11. The van der Waals surface area contributed by atoms with Crippen LogP contribution in [-0.4, -0.2) is 42.6 Å². The zero-order chi connectivity index (χ0) is 19.4. The SMILES string of the molecule is CCn1nnc2cc(C(=O)OCCOc3ccc(S(N)(=O)=O)cc3)ccc21. The van der Waals surface area contributed by atoms with Crippen LogP contribution in [0.25, 0.3) is 11.0 Å². The van der Waals surface area contributed by atoms with Crippen molar-refractivity contribution in [2.24, 2.45) is 5.14 Å². The number of aryl methyl sites for hydroxylation is 1. The van der Waals surface area contributed by atoms with Gasteiger partial charge in [-0.2, -0.15) is 0 Å². The van der Waals surface area contributed by atoms with E-state index in [1.165, 1.54) is 24.3 Å². The molecule has 0 atom stereocenters. The van der Waals surface area contributed by atoms with Gasteiger partial charge in [0, 0.05) is 6.54 Å². The molecule has 0 amide bonds. The van der Waals surface area contributed by atoms with Gasteiger partial charge in [0.1, 0.15) is 24.5 Å². The molecule has 0 saturated heterocycles. The van der Waals surface area contributed by atoms with E-state index in [9.17, 15) is 13.2 Å². The molecule has 3 aromatic rings. The minimum absolute atomic E-state index is 0.00308. The minimum Gasteiger partial charge on any atom is -0.490 e. The van der Waals surface area contributed by atoms with Crippen molar-refractivity contribution in [3.63, 3.8) is 0 Å². The number of primary sulfonamides is 1. The summed E-state index contributed by atoms with van der Waals surface area (Å²) in [6.07, 6.45) is 0. The molecule has 142 valence electrons. The second kappa shape index (κ2) is 7.72. The number of benzene rings is 2. The van der Waals surface area contributed by atoms with Crippen LogP contribution in [0.2, 0.25) is 0 Å². The van der Waals surface area contributed by atoms with Gasteiger partial charge in [0.15, 0.2) is 0 Å². The Morgan fingerprint density at radius 2 is 1.89 bits per heavy atom. The molecular formula is C17H18N4O5S. The Balaban J connectivity index is 1.52. The Morgan fingerprint density at radius 1 is 1.15 bits per heavy atom. The molecule has 27 heavy (non-hydrogen) atoms. The average molecular weight is 390 g/mol. The minimum atomic E-state index is -3.74. The number of nitrogens with two attached hydrogens (primary N) is 1. The smallest absolute Gasteiger partial charge is 0.338 e. The number of hydrogen-bond acceptors (Lipinski definition) is 7. The largest absolute Gasteiger partial charge is 0.490 e. The van der Waals surface area contributed by atoms with E-state index in [1.54, 1.807) is 22.9 Å². The maximum atomic E-state index is 12.1. The fourth-order valence-electron chi connectivity index (χ4n) is 2.44. The van der Waals surface area contributed by atoms with Crippen molar-refractivity contribution in [1.82, 2.24) is 15.0 Å². The molecule has 0 aliphatic rings. The lowest BCUT2D eigenvalue weighted by atomic mass is 10.2. The quantitative estimate of drug-likeness (QED) is 0.476. The van der Waals surface area contributed by atoms with Crippen LogP contribution in [0.4, 0.5) is 0 Å². The van der Waals surface area contributed by atoms with Crippen LogP contribution < -0.4 is 9.88 Å². The number of aromatic nitrogens is 3. The van der Waals surface area contributed by atoms with Crippen LogP contribution in [0, 0.1) is 0 Å². The lowest BCUT2D eigenvalue weighted by Gasteiger charge is -2.08. The molecule has 2 aromatic carbocycles. The van der Waals surface area contributed by atoms with E-state index in [1.807, 2.05) is 6.92 Å². The number of ether oxygens (including phenoxy) is 2. The number of sulfonamides is 1. The van der Waals surface area contributed by atoms with E-state index in [0.717, 1.165) is 5.52 Å². The second-order valence-corrected chi connectivity index (χ2v) is 7.17. The van der Waals surface area contributed by atoms with Gasteiger partial charge in [-0.15, -0.1) is 5.10 Å². The molecule has 2 N–H and O–H groups in total. The van der Waals surface area contributed by atoms with Crippen molar-refractivity contribution in [1.29, 1.82) is 0 Å². The number of hydrogen-bond donors (Lipinski definition) is 1. The molecule has 0 saturated carbocycles. The first-order chi connectivity index (χ1) is 12.9. The van der Waals surface area contributed by atoms with Gasteiger partial charge in [-0.3, -0.25) is 0 Å². The predicted octanol–water partition coefficient (Wildman–Crippen LogP) is 1.33. The molecule has 0 unspecified atom stereocenters. The average Bonchev–Trinajstić information content (AvgIpc) is 3.07. The summed E-state index contributed by atoms with van der Waals surface area (Å²) in [5, 5.41) is 13.0. The van der Waals surface area contributed by atoms with E-state index < -0.39 is 16.0 Å². The summed E-state index contributed by atoms with van der Waals surface area (Å²) in [4.78, 5) is 12.1. The zero-order valence-electron chi connectivity index (χ0n) is 14.5. The Kier molecular flexibility index (Phi) is 5.38. The van der Waals surface area contributed by atoms with Crippen molar-refractivity contribution in [2.45, 2.75) is 18.4 Å². The fraction of sp³-hybridized carbons (Fsp3) is 0.235. The highest BCUT2D eigenvalue weighted by atomic mass is 32.2. The summed E-state index contributed by atoms with van der Waals surface area (Å²) in [5.74, 6) is -0.0489. The van der Waals surface area contributed by atoms with Crippen molar-refractivity contribution in [3.05, 3.63) is 48.0 Å². The second-order valence-electron chi connectivity index (χ2n) is 5.61. The van der Waals surface area contributed by atoms with Gasteiger partial charge in [-0.25, -0.2) is 23.0 Å². The summed E-state index contributed by atoms with van der Waals surface area (Å²) in [5.41, 5.74) is 1.85. The monoisotopic (exact) mass is 390 g/mol. The number of carbonyl (C=O) groups excluding carboxylic acids is 1. The third kappa shape index (κ3) is 4.41. The first-order valence-electron chi connectivity index (χ1n) is 8.14. The molecule has 9 nitrogen and oxygen atoms in total. The summed E-state index contributed by atoms with van der Waals surface area (Å²) >= 11 is 0. The Morgan fingerprint density at radius 3 is 2.56 bits per heavy atom. The van der Waals surface area contributed by atoms with E-state index in [0.29, 0.717) is 23.4 Å². The lowest BCUT2D eigenvalue weighted by Crippen LogP contribution is -2.13. The Bertz CT molecular complexity index is 1060. The fourth-order valence-corrected chi connectivity index (χ4v) is 2.95. The van der Waals surface area contributed by atoms with Crippen LogP contribution in [0.1, 0.15) is 17.3 Å². The maximum Gasteiger partial charge on any atom is 0.338 e. The summed E-state index contributed by atoms with van der Waals surface area (Å²) in [7, 11) is -3.74. The highest BCUT2D eigenvalue weighted by Crippen LogP contribution is 2.16. The van der Waals surface area contributed by atoms with Crippen molar-refractivity contribution in [2.75, 3.05) is 13.2 Å². The zero-order valence-corrected chi connectivity index (χ0v) is 15.3. The van der Waals surface area contributed by atoms with Crippen LogP contribution in [-0.2, 0) is 21.3 Å². The van der Waals surface area contributed by atoms with Gasteiger partial charge in [0.2, 0.25) is 10.0 Å². The Hall–Kier alpha value is -2.98. The number of nitrogens with zero attached hydrogens (tertiary/aromatic N) is 3. The number of fused-ring (bicyclic) bond motifs is 1. The summed E-state index contributed by atoms with van der Waals surface area (Å²) in [6, 6.07) is 10.7. The number of esters is 1. The van der Waals surface area contributed by atoms with Gasteiger partial charge in [-0.05, 0) is 49.4 Å². The Labute approximate surface area is 155 Å². The van der Waals surface area contributed by atoms with E-state index in [4.69, 9.17) is 14.6 Å². The molecule has 0 bridgehead atoms. The van der Waals surface area contributed by atoms with Crippen LogP contribution in [0.5, 0.6) is 5.75 Å². The molecule has 0 aliphatic heterocycles. The molecule has 3 rings (SSSR count). The molecule has 0 fully saturated rings. The molecule has 0 radical (unpaired) electrons. The third-order valence-corrected chi connectivity index (χ3v) is 4.72. The maximum absolute atomic E-state index is 12.1. The topological polar surface area (TPSA) is 126 Å². The molecule has 0 spiro atoms. The van der Waals surface area contributed by atoms with Gasteiger partial charge < -0.3 is 9.47 Å². The number of carbonyl (C=O) groups is 1. The number of rotatable bonds is 7. The van der Waals surface area contributed by atoms with Crippen LogP contribution in [0.3, 0.4) is 0 Å². The van der Waals surface area contributed by atoms with Gasteiger partial charge in [-0.1, -0.05) is 5.21 Å².